The summed E-state index contributed by atoms with van der Waals surface area (Å²) < 4.78 is 2.60. The van der Waals surface area contributed by atoms with E-state index < -0.39 is 0 Å². The number of hydrogen-bond acceptors (Lipinski definition) is 5. The average Bonchev–Trinajstić information content (AvgIpc) is 3.44. The van der Waals surface area contributed by atoms with Crippen LogP contribution in [0.2, 0.25) is 4.34 Å². The summed E-state index contributed by atoms with van der Waals surface area (Å²) in [4.78, 5) is 32.6. The molecule has 0 unspecified atom stereocenters. The summed E-state index contributed by atoms with van der Waals surface area (Å²) in [6, 6.07) is 10.7. The maximum absolute atomic E-state index is 13.0. The molecule has 4 rings (SSSR count). The Morgan fingerprint density at radius 2 is 1.73 bits per heavy atom. The van der Waals surface area contributed by atoms with Gasteiger partial charge in [-0.25, -0.2) is 4.98 Å². The van der Waals surface area contributed by atoms with E-state index in [1.807, 2.05) is 49.1 Å². The lowest BCUT2D eigenvalue weighted by Crippen LogP contribution is -2.53. The van der Waals surface area contributed by atoms with Crippen LogP contribution in [0.4, 0.5) is 0 Å². The highest BCUT2D eigenvalue weighted by Gasteiger charge is 2.28. The number of benzene rings is 1. The van der Waals surface area contributed by atoms with Gasteiger partial charge in [0.25, 0.3) is 11.8 Å². The molecule has 2 atom stereocenters. The van der Waals surface area contributed by atoms with Gasteiger partial charge in [-0.15, -0.1) is 11.3 Å². The van der Waals surface area contributed by atoms with E-state index in [-0.39, 0.29) is 23.9 Å². The Bertz CT molecular complexity index is 1110. The van der Waals surface area contributed by atoms with Gasteiger partial charge in [0.2, 0.25) is 0 Å². The number of carbonyl (C=O) groups is 2. The maximum Gasteiger partial charge on any atom is 0.261 e. The molecule has 2 heterocycles. The molecule has 1 saturated carbocycles. The highest BCUT2D eigenvalue weighted by Crippen LogP contribution is 2.24. The third-order valence-electron chi connectivity index (χ3n) is 5.78. The second kappa shape index (κ2) is 10.5. The minimum Gasteiger partial charge on any atom is -0.347 e. The van der Waals surface area contributed by atoms with E-state index in [1.165, 1.54) is 11.3 Å². The normalized spacial score (nSPS) is 18.3. The van der Waals surface area contributed by atoms with E-state index >= 15 is 0 Å². The van der Waals surface area contributed by atoms with E-state index in [2.05, 4.69) is 20.5 Å². The van der Waals surface area contributed by atoms with Crippen molar-refractivity contribution in [2.75, 3.05) is 14.1 Å². The summed E-state index contributed by atoms with van der Waals surface area (Å²) in [5.74, 6) is 0.660. The van der Waals surface area contributed by atoms with Gasteiger partial charge in [-0.2, -0.15) is 0 Å². The molecule has 1 aliphatic rings. The first-order chi connectivity index (χ1) is 15.9. The molecular weight excluding hydrogens is 458 g/mol. The molecular formula is C24H28ClN5O2S. The standard InChI is InChI=1S/C24H28ClN5O2S/c1-29(2)15-22-26-13-14-30(22)17-9-7-16(8-10-17)23(31)27-18-5-3-4-6-19(18)28-24(32)20-11-12-21(25)33-20/h7-14,18-19H,3-6,15H2,1-2H3,(H,27,31)(H,28,32)/t18-,19+/m0/s1. The number of carbonyl (C=O) groups excluding carboxylic acids is 2. The molecule has 1 aliphatic carbocycles. The summed E-state index contributed by atoms with van der Waals surface area (Å²) in [5, 5.41) is 6.23. The summed E-state index contributed by atoms with van der Waals surface area (Å²) in [6.07, 6.45) is 7.42. The minimum atomic E-state index is -0.142. The van der Waals surface area contributed by atoms with Crippen LogP contribution in [0.3, 0.4) is 0 Å². The van der Waals surface area contributed by atoms with Crippen molar-refractivity contribution in [3.8, 4) is 5.69 Å². The van der Waals surface area contributed by atoms with Crippen molar-refractivity contribution in [2.45, 2.75) is 44.3 Å². The van der Waals surface area contributed by atoms with Gasteiger partial charge in [0.05, 0.1) is 15.8 Å². The molecule has 2 N–H and O–H groups in total. The van der Waals surface area contributed by atoms with Crippen LogP contribution in [0.15, 0.2) is 48.8 Å². The van der Waals surface area contributed by atoms with Crippen LogP contribution in [0.5, 0.6) is 0 Å². The summed E-state index contributed by atoms with van der Waals surface area (Å²) in [7, 11) is 4.01. The zero-order chi connectivity index (χ0) is 23.4. The molecule has 0 spiro atoms. The molecule has 0 radical (unpaired) electrons. The van der Waals surface area contributed by atoms with Crippen LogP contribution in [0, 0.1) is 0 Å². The Balaban J connectivity index is 1.41. The Kier molecular flexibility index (Phi) is 7.47. The lowest BCUT2D eigenvalue weighted by molar-refractivity contribution is 0.0865. The van der Waals surface area contributed by atoms with Gasteiger partial charge < -0.3 is 20.1 Å². The van der Waals surface area contributed by atoms with E-state index in [1.54, 1.807) is 18.3 Å². The number of nitrogens with zero attached hydrogens (tertiary/aromatic N) is 3. The van der Waals surface area contributed by atoms with Gasteiger partial charge >= 0.3 is 0 Å². The molecule has 2 aromatic heterocycles. The molecule has 174 valence electrons. The minimum absolute atomic E-state index is 0.102. The zero-order valence-corrected chi connectivity index (χ0v) is 20.3. The first kappa shape index (κ1) is 23.5. The van der Waals surface area contributed by atoms with Crippen molar-refractivity contribution < 1.29 is 9.59 Å². The van der Waals surface area contributed by atoms with Crippen LogP contribution < -0.4 is 10.6 Å². The molecule has 0 bridgehead atoms. The summed E-state index contributed by atoms with van der Waals surface area (Å²) in [5.41, 5.74) is 1.55. The first-order valence-electron chi connectivity index (χ1n) is 11.0. The zero-order valence-electron chi connectivity index (χ0n) is 18.8. The smallest absolute Gasteiger partial charge is 0.261 e. The van der Waals surface area contributed by atoms with Crippen LogP contribution >= 0.6 is 22.9 Å². The average molecular weight is 486 g/mol. The molecule has 1 fully saturated rings. The number of rotatable bonds is 7. The van der Waals surface area contributed by atoms with E-state index in [9.17, 15) is 9.59 Å². The van der Waals surface area contributed by atoms with Crippen molar-refractivity contribution in [2.24, 2.45) is 0 Å². The predicted octanol–water partition coefficient (Wildman–Crippen LogP) is 4.12. The molecule has 1 aromatic carbocycles. The number of thiophene rings is 1. The molecule has 0 aliphatic heterocycles. The van der Waals surface area contributed by atoms with Crippen LogP contribution in [0.25, 0.3) is 5.69 Å². The Morgan fingerprint density at radius 1 is 1.06 bits per heavy atom. The molecule has 33 heavy (non-hydrogen) atoms. The second-order valence-electron chi connectivity index (χ2n) is 8.55. The number of aromatic nitrogens is 2. The quantitative estimate of drug-likeness (QED) is 0.527. The second-order valence-corrected chi connectivity index (χ2v) is 10.3. The topological polar surface area (TPSA) is 79.3 Å². The van der Waals surface area contributed by atoms with Gasteiger partial charge in [-0.3, -0.25) is 9.59 Å². The maximum atomic E-state index is 13.0. The fraction of sp³-hybridized carbons (Fsp3) is 0.375. The SMILES string of the molecule is CN(C)Cc1nccn1-c1ccc(C(=O)N[C@H]2CCCC[C@H]2NC(=O)c2ccc(Cl)s2)cc1. The third-order valence-corrected chi connectivity index (χ3v) is 7.01. The third kappa shape index (κ3) is 5.82. The number of amides is 2. The highest BCUT2D eigenvalue weighted by molar-refractivity contribution is 7.18. The fourth-order valence-corrected chi connectivity index (χ4v) is 5.09. The van der Waals surface area contributed by atoms with Crippen LogP contribution in [-0.2, 0) is 6.54 Å². The lowest BCUT2D eigenvalue weighted by Gasteiger charge is -2.32. The van der Waals surface area contributed by atoms with Crippen molar-refractivity contribution >= 4 is 34.8 Å². The fourth-order valence-electron chi connectivity index (χ4n) is 4.15. The van der Waals surface area contributed by atoms with E-state index in [0.29, 0.717) is 14.8 Å². The van der Waals surface area contributed by atoms with Gasteiger partial charge in [-0.05, 0) is 63.3 Å². The van der Waals surface area contributed by atoms with Crippen molar-refractivity contribution in [3.05, 3.63) is 69.4 Å². The molecule has 0 saturated heterocycles. The van der Waals surface area contributed by atoms with Crippen LogP contribution in [0.1, 0.15) is 51.5 Å². The Labute approximate surface area is 202 Å². The number of imidazole rings is 1. The molecule has 9 heteroatoms. The summed E-state index contributed by atoms with van der Waals surface area (Å²) >= 11 is 7.22. The van der Waals surface area contributed by atoms with E-state index in [4.69, 9.17) is 11.6 Å². The predicted molar refractivity (Wildman–Crippen MR) is 131 cm³/mol. The van der Waals surface area contributed by atoms with Crippen molar-refractivity contribution in [3.63, 3.8) is 0 Å². The molecule has 7 nitrogen and oxygen atoms in total. The molecule has 3 aromatic rings. The van der Waals surface area contributed by atoms with Gasteiger partial charge in [-0.1, -0.05) is 24.4 Å². The Morgan fingerprint density at radius 3 is 2.33 bits per heavy atom. The lowest BCUT2D eigenvalue weighted by atomic mass is 9.90. The van der Waals surface area contributed by atoms with Gasteiger partial charge in [0.15, 0.2) is 0 Å². The Hall–Kier alpha value is -2.68. The number of nitrogens with one attached hydrogen (secondary N) is 2. The summed E-state index contributed by atoms with van der Waals surface area (Å²) in [6.45, 7) is 0.724. The van der Waals surface area contributed by atoms with Gasteiger partial charge in [0, 0.05) is 35.7 Å². The largest absolute Gasteiger partial charge is 0.347 e. The van der Waals surface area contributed by atoms with Crippen molar-refractivity contribution in [1.29, 1.82) is 0 Å². The van der Waals surface area contributed by atoms with E-state index in [0.717, 1.165) is 43.7 Å². The van der Waals surface area contributed by atoms with Crippen LogP contribution in [-0.4, -0.2) is 52.4 Å². The van der Waals surface area contributed by atoms with Crippen molar-refractivity contribution in [1.82, 2.24) is 25.1 Å². The number of halogens is 1. The number of hydrogen-bond donors (Lipinski definition) is 2. The monoisotopic (exact) mass is 485 g/mol. The highest BCUT2D eigenvalue weighted by atomic mass is 35.5. The van der Waals surface area contributed by atoms with Gasteiger partial charge in [0.1, 0.15) is 5.82 Å². The molecule has 2 amide bonds. The first-order valence-corrected chi connectivity index (χ1v) is 12.2.